The molecule has 3 heteroatoms. The molecule has 142 valence electrons. The zero-order valence-corrected chi connectivity index (χ0v) is 16.3. The van der Waals surface area contributed by atoms with Crippen molar-refractivity contribution in [1.29, 1.82) is 0 Å². The van der Waals surface area contributed by atoms with Crippen molar-refractivity contribution in [2.24, 2.45) is 21.7 Å². The molecular formula is C24H27FO2. The molecule has 3 atom stereocenters. The van der Waals surface area contributed by atoms with E-state index < -0.39 is 0 Å². The monoisotopic (exact) mass is 366 g/mol. The summed E-state index contributed by atoms with van der Waals surface area (Å²) < 4.78 is 12.9. The second-order valence-corrected chi connectivity index (χ2v) is 10.4. The molecule has 0 aromatic rings. The second-order valence-electron chi connectivity index (χ2n) is 10.4. The number of hydrogen-bond acceptors (Lipinski definition) is 2. The van der Waals surface area contributed by atoms with E-state index in [9.17, 15) is 9.32 Å². The molecule has 2 fully saturated rings. The van der Waals surface area contributed by atoms with Crippen LogP contribution < -0.4 is 0 Å². The van der Waals surface area contributed by atoms with Gasteiger partial charge in [0.25, 0.3) is 0 Å². The third kappa shape index (κ3) is 1.67. The highest BCUT2D eigenvalue weighted by molar-refractivity contribution is 5.94. The Labute approximate surface area is 160 Å². The van der Waals surface area contributed by atoms with Gasteiger partial charge in [0.2, 0.25) is 0 Å². The quantitative estimate of drug-likeness (QED) is 0.563. The van der Waals surface area contributed by atoms with Crippen LogP contribution in [0.4, 0.5) is 4.53 Å². The van der Waals surface area contributed by atoms with E-state index in [4.69, 9.17) is 0 Å². The van der Waals surface area contributed by atoms with Crippen LogP contribution in [-0.4, -0.2) is 5.78 Å². The lowest BCUT2D eigenvalue weighted by Gasteiger charge is -2.52. The van der Waals surface area contributed by atoms with Crippen molar-refractivity contribution >= 4 is 5.78 Å². The summed E-state index contributed by atoms with van der Waals surface area (Å²) in [4.78, 5) is 17.3. The Hall–Kier alpha value is -1.64. The number of allylic oxidation sites excluding steroid dienone is 7. The third-order valence-corrected chi connectivity index (χ3v) is 9.35. The van der Waals surface area contributed by atoms with Gasteiger partial charge in [-0.1, -0.05) is 25.5 Å². The van der Waals surface area contributed by atoms with Crippen molar-refractivity contribution < 1.29 is 14.3 Å². The highest BCUT2D eigenvalue weighted by atomic mass is 19.3. The van der Waals surface area contributed by atoms with E-state index in [1.807, 2.05) is 12.2 Å². The molecule has 0 bridgehead atoms. The van der Waals surface area contributed by atoms with E-state index in [1.165, 1.54) is 35.1 Å². The van der Waals surface area contributed by atoms with Gasteiger partial charge in [-0.25, -0.2) is 0 Å². The molecule has 2 spiro atoms. The molecule has 0 aromatic heterocycles. The number of halogens is 1. The first-order valence-electron chi connectivity index (χ1n) is 10.6. The highest BCUT2D eigenvalue weighted by Gasteiger charge is 2.66. The SMILES string of the molecule is CC12CC=C(OF)C=C1C1(CC1)CC1=C2CC[C@@]23C(=O)CCC2(C)CC=C13. The van der Waals surface area contributed by atoms with Crippen LogP contribution in [0.2, 0.25) is 0 Å². The molecule has 2 nitrogen and oxygen atoms in total. The molecule has 0 N–H and O–H groups in total. The zero-order valence-electron chi connectivity index (χ0n) is 16.3. The minimum Gasteiger partial charge on any atom is -0.299 e. The summed E-state index contributed by atoms with van der Waals surface area (Å²) in [6.07, 6.45) is 15.4. The smallest absolute Gasteiger partial charge is 0.167 e. The molecule has 0 saturated heterocycles. The molecule has 0 radical (unpaired) electrons. The minimum atomic E-state index is -0.211. The van der Waals surface area contributed by atoms with Gasteiger partial charge >= 0.3 is 0 Å². The van der Waals surface area contributed by atoms with E-state index in [0.29, 0.717) is 11.5 Å². The van der Waals surface area contributed by atoms with Crippen LogP contribution in [-0.2, 0) is 9.74 Å². The summed E-state index contributed by atoms with van der Waals surface area (Å²) in [5.41, 5.74) is 5.89. The van der Waals surface area contributed by atoms with Crippen LogP contribution in [0.5, 0.6) is 0 Å². The lowest BCUT2D eigenvalue weighted by atomic mass is 9.50. The first-order chi connectivity index (χ1) is 12.9. The van der Waals surface area contributed by atoms with Crippen molar-refractivity contribution in [2.75, 3.05) is 0 Å². The van der Waals surface area contributed by atoms with Crippen molar-refractivity contribution in [3.8, 4) is 0 Å². The Morgan fingerprint density at radius 3 is 2.59 bits per heavy atom. The summed E-state index contributed by atoms with van der Waals surface area (Å²) in [7, 11) is 0. The van der Waals surface area contributed by atoms with E-state index in [2.05, 4.69) is 24.9 Å². The van der Waals surface area contributed by atoms with Gasteiger partial charge < -0.3 is 0 Å². The van der Waals surface area contributed by atoms with Gasteiger partial charge in [-0.15, -0.1) is 0 Å². The molecule has 2 unspecified atom stereocenters. The minimum absolute atomic E-state index is 0.0325. The van der Waals surface area contributed by atoms with E-state index >= 15 is 0 Å². The molecule has 0 amide bonds. The molecule has 6 rings (SSSR count). The van der Waals surface area contributed by atoms with E-state index in [0.717, 1.165) is 44.9 Å². The standard InChI is InChI=1S/C24H27FO2/c1-21-7-4-18-16-14-23(11-12-23)19-13-15(27-25)3-9-22(19,2)17(16)5-10-24(18,21)20(26)6-8-21/h3-4,13H,5-12,14H2,1-2H3/t21?,22?,24-/m1/s1. The predicted octanol–water partition coefficient (Wildman–Crippen LogP) is 6.07. The van der Waals surface area contributed by atoms with Crippen LogP contribution in [0.15, 0.2) is 46.3 Å². The summed E-state index contributed by atoms with van der Waals surface area (Å²) in [5, 5.41) is 0. The van der Waals surface area contributed by atoms with Gasteiger partial charge in [0.05, 0.1) is 5.41 Å². The summed E-state index contributed by atoms with van der Waals surface area (Å²) in [6, 6.07) is 0. The van der Waals surface area contributed by atoms with Crippen molar-refractivity contribution in [3.05, 3.63) is 46.3 Å². The Bertz CT molecular complexity index is 915. The summed E-state index contributed by atoms with van der Waals surface area (Å²) in [6.45, 7) is 4.70. The average Bonchev–Trinajstić information content (AvgIpc) is 3.29. The number of ketones is 1. The van der Waals surface area contributed by atoms with Crippen molar-refractivity contribution in [1.82, 2.24) is 0 Å². The van der Waals surface area contributed by atoms with Gasteiger partial charge in [0.1, 0.15) is 5.78 Å². The van der Waals surface area contributed by atoms with Gasteiger partial charge in [-0.2, -0.15) is 0 Å². The van der Waals surface area contributed by atoms with Gasteiger partial charge in [-0.05, 0) is 91.1 Å². The van der Waals surface area contributed by atoms with E-state index in [1.54, 1.807) is 0 Å². The van der Waals surface area contributed by atoms with Crippen molar-refractivity contribution in [2.45, 2.75) is 71.6 Å². The number of hydrogen-bond donors (Lipinski definition) is 0. The maximum absolute atomic E-state index is 13.2. The third-order valence-electron chi connectivity index (χ3n) is 9.35. The molecule has 0 aliphatic heterocycles. The fraction of sp³-hybridized carbons (Fsp3) is 0.625. The molecule has 6 aliphatic rings. The number of fused-ring (bicyclic) bond motifs is 4. The Morgan fingerprint density at radius 2 is 1.85 bits per heavy atom. The van der Waals surface area contributed by atoms with Crippen LogP contribution in [0.1, 0.15) is 71.6 Å². The van der Waals surface area contributed by atoms with Crippen LogP contribution in [0.3, 0.4) is 0 Å². The number of Topliss-reactive ketones (excluding diaryl/α,β-unsaturated/α-hetero) is 1. The molecule has 0 aromatic carbocycles. The van der Waals surface area contributed by atoms with Crippen LogP contribution >= 0.6 is 0 Å². The molecule has 2 saturated carbocycles. The molecule has 27 heavy (non-hydrogen) atoms. The second kappa shape index (κ2) is 4.67. The topological polar surface area (TPSA) is 26.3 Å². The van der Waals surface area contributed by atoms with Gasteiger partial charge in [0, 0.05) is 16.4 Å². The molecular weight excluding hydrogens is 339 g/mol. The highest BCUT2D eigenvalue weighted by Crippen LogP contribution is 2.74. The Morgan fingerprint density at radius 1 is 1.04 bits per heavy atom. The van der Waals surface area contributed by atoms with Gasteiger partial charge in [-0.3, -0.25) is 9.74 Å². The maximum Gasteiger partial charge on any atom is 0.167 e. The number of carbonyl (C=O) groups excluding carboxylic acids is 1. The Kier molecular flexibility index (Phi) is 2.82. The zero-order chi connectivity index (χ0) is 18.7. The maximum atomic E-state index is 13.2. The van der Waals surface area contributed by atoms with Gasteiger partial charge in [0.15, 0.2) is 5.76 Å². The van der Waals surface area contributed by atoms with E-state index in [-0.39, 0.29) is 21.7 Å². The average molecular weight is 366 g/mol. The fourth-order valence-electron chi connectivity index (χ4n) is 7.68. The first-order valence-corrected chi connectivity index (χ1v) is 10.6. The largest absolute Gasteiger partial charge is 0.299 e. The first kappa shape index (κ1) is 16.3. The fourth-order valence-corrected chi connectivity index (χ4v) is 7.68. The van der Waals surface area contributed by atoms with Crippen LogP contribution in [0, 0.1) is 21.7 Å². The molecule has 0 heterocycles. The lowest BCUT2D eigenvalue weighted by Crippen LogP contribution is -2.45. The lowest BCUT2D eigenvalue weighted by molar-refractivity contribution is -0.127. The van der Waals surface area contributed by atoms with Crippen LogP contribution in [0.25, 0.3) is 0 Å². The number of rotatable bonds is 1. The normalized spacial score (nSPS) is 43.4. The predicted molar refractivity (Wildman–Crippen MR) is 101 cm³/mol. The Balaban J connectivity index is 1.54. The summed E-state index contributed by atoms with van der Waals surface area (Å²) in [5.74, 6) is 0.872. The summed E-state index contributed by atoms with van der Waals surface area (Å²) >= 11 is 0. The molecule has 6 aliphatic carbocycles. The number of carbonyl (C=O) groups is 1. The van der Waals surface area contributed by atoms with Crippen molar-refractivity contribution in [3.63, 3.8) is 0 Å².